The summed E-state index contributed by atoms with van der Waals surface area (Å²) in [5, 5.41) is 11.6. The summed E-state index contributed by atoms with van der Waals surface area (Å²) in [6, 6.07) is 4.37. The van der Waals surface area contributed by atoms with Crippen LogP contribution < -0.4 is 15.8 Å². The molecule has 6 heteroatoms. The van der Waals surface area contributed by atoms with Crippen molar-refractivity contribution in [3.8, 4) is 5.75 Å². The molecule has 0 spiro atoms. The molecule has 0 heterocycles. The summed E-state index contributed by atoms with van der Waals surface area (Å²) in [6.45, 7) is 0. The van der Waals surface area contributed by atoms with E-state index in [9.17, 15) is 9.59 Å². The Labute approximate surface area is 104 Å². The van der Waals surface area contributed by atoms with E-state index in [-0.39, 0.29) is 17.2 Å². The molecule has 1 amide bonds. The first-order valence-corrected chi connectivity index (χ1v) is 5.48. The summed E-state index contributed by atoms with van der Waals surface area (Å²) in [7, 11) is 1.46. The number of hydrogen-bond donors (Lipinski definition) is 3. The number of nitrogens with one attached hydrogen (secondary N) is 1. The third-order valence-corrected chi connectivity index (χ3v) is 2.95. The lowest BCUT2D eigenvalue weighted by Crippen LogP contribution is -2.38. The maximum atomic E-state index is 11.8. The van der Waals surface area contributed by atoms with Gasteiger partial charge >= 0.3 is 5.97 Å². The summed E-state index contributed by atoms with van der Waals surface area (Å²) in [5.41, 5.74) is 5.10. The Balaban J connectivity index is 2.29. The summed E-state index contributed by atoms with van der Waals surface area (Å²) < 4.78 is 5.00. The summed E-state index contributed by atoms with van der Waals surface area (Å²) in [6.07, 6.45) is 1.23. The highest BCUT2D eigenvalue weighted by Crippen LogP contribution is 2.34. The predicted molar refractivity (Wildman–Crippen MR) is 64.7 cm³/mol. The predicted octanol–water partition coefficient (Wildman–Crippen LogP) is 0.823. The lowest BCUT2D eigenvalue weighted by atomic mass is 10.1. The number of aromatic carboxylic acids is 1. The largest absolute Gasteiger partial charge is 0.497 e. The molecule has 4 N–H and O–H groups in total. The number of carboxylic acid groups (broad SMARTS) is 1. The van der Waals surface area contributed by atoms with Crippen LogP contribution in [-0.4, -0.2) is 29.6 Å². The van der Waals surface area contributed by atoms with Crippen LogP contribution in [0.25, 0.3) is 0 Å². The van der Waals surface area contributed by atoms with Crippen LogP contribution in [0.1, 0.15) is 23.2 Å². The van der Waals surface area contributed by atoms with Gasteiger partial charge in [0.2, 0.25) is 5.91 Å². The maximum Gasteiger partial charge on any atom is 0.337 e. The number of rotatable bonds is 4. The van der Waals surface area contributed by atoms with Crippen LogP contribution in [0.3, 0.4) is 0 Å². The van der Waals surface area contributed by atoms with Crippen molar-refractivity contribution in [3.63, 3.8) is 0 Å². The highest BCUT2D eigenvalue weighted by molar-refractivity contribution is 6.05. The second kappa shape index (κ2) is 4.30. The topological polar surface area (TPSA) is 102 Å². The number of hydrogen-bond acceptors (Lipinski definition) is 4. The molecule has 0 atom stereocenters. The van der Waals surface area contributed by atoms with E-state index in [1.807, 2.05) is 0 Å². The molecule has 0 radical (unpaired) electrons. The molecule has 6 nitrogen and oxygen atoms in total. The first kappa shape index (κ1) is 12.4. The van der Waals surface area contributed by atoms with Crippen LogP contribution in [-0.2, 0) is 4.79 Å². The molecule has 1 aliphatic rings. The summed E-state index contributed by atoms with van der Waals surface area (Å²) in [5.74, 6) is -1.01. The Morgan fingerprint density at radius 2 is 2.11 bits per heavy atom. The van der Waals surface area contributed by atoms with Crippen molar-refractivity contribution >= 4 is 17.6 Å². The SMILES string of the molecule is COc1ccc(C(=O)O)c(NC(=O)C2(N)CC2)c1. The van der Waals surface area contributed by atoms with E-state index < -0.39 is 11.5 Å². The van der Waals surface area contributed by atoms with Crippen molar-refractivity contribution in [2.45, 2.75) is 18.4 Å². The lowest BCUT2D eigenvalue weighted by Gasteiger charge is -2.13. The van der Waals surface area contributed by atoms with E-state index in [1.165, 1.54) is 25.3 Å². The smallest absolute Gasteiger partial charge is 0.337 e. The molecule has 1 aliphatic carbocycles. The average molecular weight is 250 g/mol. The Morgan fingerprint density at radius 1 is 1.44 bits per heavy atom. The Bertz CT molecular complexity index is 509. The lowest BCUT2D eigenvalue weighted by molar-refractivity contribution is -0.118. The van der Waals surface area contributed by atoms with Crippen LogP contribution in [0.15, 0.2) is 18.2 Å². The number of ether oxygens (including phenoxy) is 1. The molecular weight excluding hydrogens is 236 g/mol. The minimum Gasteiger partial charge on any atom is -0.497 e. The first-order valence-electron chi connectivity index (χ1n) is 5.48. The Hall–Kier alpha value is -2.08. The third kappa shape index (κ3) is 2.28. The number of carboxylic acids is 1. The van der Waals surface area contributed by atoms with Gasteiger partial charge in [-0.15, -0.1) is 0 Å². The molecule has 1 saturated carbocycles. The molecular formula is C12H14N2O4. The highest BCUT2D eigenvalue weighted by Gasteiger charge is 2.46. The van der Waals surface area contributed by atoms with Crippen molar-refractivity contribution in [2.24, 2.45) is 5.73 Å². The van der Waals surface area contributed by atoms with Crippen molar-refractivity contribution in [1.82, 2.24) is 0 Å². The fraction of sp³-hybridized carbons (Fsp3) is 0.333. The monoisotopic (exact) mass is 250 g/mol. The van der Waals surface area contributed by atoms with E-state index in [4.69, 9.17) is 15.6 Å². The van der Waals surface area contributed by atoms with Crippen LogP contribution in [0.4, 0.5) is 5.69 Å². The van der Waals surface area contributed by atoms with E-state index in [0.717, 1.165) is 0 Å². The minimum atomic E-state index is -1.12. The van der Waals surface area contributed by atoms with Gasteiger partial charge in [0.1, 0.15) is 5.75 Å². The summed E-state index contributed by atoms with van der Waals surface area (Å²) in [4.78, 5) is 22.8. The molecule has 18 heavy (non-hydrogen) atoms. The van der Waals surface area contributed by atoms with E-state index in [0.29, 0.717) is 18.6 Å². The molecule has 1 aromatic carbocycles. The average Bonchev–Trinajstić information content (AvgIpc) is 3.08. The number of methoxy groups -OCH3 is 1. The summed E-state index contributed by atoms with van der Waals surface area (Å²) >= 11 is 0. The highest BCUT2D eigenvalue weighted by atomic mass is 16.5. The first-order chi connectivity index (χ1) is 8.46. The molecule has 0 aromatic heterocycles. The number of anilines is 1. The van der Waals surface area contributed by atoms with Gasteiger partial charge in [0.25, 0.3) is 0 Å². The minimum absolute atomic E-state index is 0.00778. The fourth-order valence-corrected chi connectivity index (χ4v) is 1.55. The van der Waals surface area contributed by atoms with Crippen molar-refractivity contribution < 1.29 is 19.4 Å². The quantitative estimate of drug-likeness (QED) is 0.734. The van der Waals surface area contributed by atoms with E-state index >= 15 is 0 Å². The normalized spacial score (nSPS) is 15.9. The zero-order chi connectivity index (χ0) is 13.3. The number of nitrogens with two attached hydrogens (primary N) is 1. The van der Waals surface area contributed by atoms with Crippen molar-refractivity contribution in [2.75, 3.05) is 12.4 Å². The van der Waals surface area contributed by atoms with Crippen LogP contribution in [0.5, 0.6) is 5.75 Å². The zero-order valence-electron chi connectivity index (χ0n) is 9.90. The zero-order valence-corrected chi connectivity index (χ0v) is 9.90. The molecule has 96 valence electrons. The molecule has 1 fully saturated rings. The molecule has 2 rings (SSSR count). The maximum absolute atomic E-state index is 11.8. The second-order valence-corrected chi connectivity index (χ2v) is 4.33. The van der Waals surface area contributed by atoms with Crippen LogP contribution in [0.2, 0.25) is 0 Å². The van der Waals surface area contributed by atoms with Crippen LogP contribution in [0, 0.1) is 0 Å². The standard InChI is InChI=1S/C12H14N2O4/c1-18-7-2-3-8(10(15)16)9(6-7)14-11(17)12(13)4-5-12/h2-3,6H,4-5,13H2,1H3,(H,14,17)(H,15,16). The Kier molecular flexibility index (Phi) is 2.96. The van der Waals surface area contributed by atoms with Gasteiger partial charge in [-0.05, 0) is 25.0 Å². The Morgan fingerprint density at radius 3 is 2.61 bits per heavy atom. The number of benzene rings is 1. The molecule has 0 unspecified atom stereocenters. The molecule has 0 saturated heterocycles. The van der Waals surface area contributed by atoms with Gasteiger partial charge in [0.05, 0.1) is 23.9 Å². The number of carbonyl (C=O) groups is 2. The van der Waals surface area contributed by atoms with Gasteiger partial charge in [0, 0.05) is 6.07 Å². The van der Waals surface area contributed by atoms with Gasteiger partial charge in [-0.1, -0.05) is 0 Å². The van der Waals surface area contributed by atoms with Crippen LogP contribution >= 0.6 is 0 Å². The number of carbonyl (C=O) groups excluding carboxylic acids is 1. The van der Waals surface area contributed by atoms with Crippen molar-refractivity contribution in [3.05, 3.63) is 23.8 Å². The van der Waals surface area contributed by atoms with Gasteiger partial charge in [-0.3, -0.25) is 4.79 Å². The van der Waals surface area contributed by atoms with Crippen molar-refractivity contribution in [1.29, 1.82) is 0 Å². The van der Waals surface area contributed by atoms with Gasteiger partial charge in [-0.25, -0.2) is 4.79 Å². The van der Waals surface area contributed by atoms with Gasteiger partial charge < -0.3 is 20.9 Å². The van der Waals surface area contributed by atoms with E-state index in [1.54, 1.807) is 0 Å². The third-order valence-electron chi connectivity index (χ3n) is 2.95. The fourth-order valence-electron chi connectivity index (χ4n) is 1.55. The molecule has 1 aromatic rings. The second-order valence-electron chi connectivity index (χ2n) is 4.33. The molecule has 0 aliphatic heterocycles. The molecule has 0 bridgehead atoms. The van der Waals surface area contributed by atoms with Gasteiger partial charge in [-0.2, -0.15) is 0 Å². The van der Waals surface area contributed by atoms with Gasteiger partial charge in [0.15, 0.2) is 0 Å². The van der Waals surface area contributed by atoms with E-state index in [2.05, 4.69) is 5.32 Å². The number of amides is 1.